The Bertz CT molecular complexity index is 500. The Morgan fingerprint density at radius 2 is 2.19 bits per heavy atom. The van der Waals surface area contributed by atoms with Crippen LogP contribution in [0, 0.1) is 6.92 Å². The van der Waals surface area contributed by atoms with E-state index >= 15 is 0 Å². The molecule has 0 atom stereocenters. The number of nitrogens with zero attached hydrogens (tertiary/aromatic N) is 5. The summed E-state index contributed by atoms with van der Waals surface area (Å²) >= 11 is 1.53. The van der Waals surface area contributed by atoms with E-state index in [4.69, 9.17) is 5.73 Å². The van der Waals surface area contributed by atoms with Gasteiger partial charge in [-0.2, -0.15) is 5.10 Å². The molecule has 0 unspecified atom stereocenters. The van der Waals surface area contributed by atoms with Crippen LogP contribution < -0.4 is 5.73 Å². The highest BCUT2D eigenvalue weighted by Gasteiger charge is 2.15. The van der Waals surface area contributed by atoms with Crippen LogP contribution >= 0.6 is 11.8 Å². The third kappa shape index (κ3) is 1.83. The number of aryl methyl sites for hydroxylation is 3. The highest BCUT2D eigenvalue weighted by molar-refractivity contribution is 7.99. The predicted octanol–water partition coefficient (Wildman–Crippen LogP) is 0.467. The molecule has 0 saturated heterocycles. The lowest BCUT2D eigenvalue weighted by Crippen LogP contribution is -2.00. The number of hydrogen-bond donors (Lipinski definition) is 1. The molecule has 0 bridgehead atoms. The van der Waals surface area contributed by atoms with Crippen molar-refractivity contribution >= 4 is 11.8 Å². The van der Waals surface area contributed by atoms with Crippen LogP contribution in [0.1, 0.15) is 11.3 Å². The van der Waals surface area contributed by atoms with Crippen LogP contribution in [-0.2, 0) is 20.6 Å². The van der Waals surface area contributed by atoms with Crippen molar-refractivity contribution in [2.24, 2.45) is 19.8 Å². The quantitative estimate of drug-likeness (QED) is 0.841. The lowest BCUT2D eigenvalue weighted by molar-refractivity contribution is 0.684. The topological polar surface area (TPSA) is 74.5 Å². The molecule has 0 amide bonds. The third-order valence-corrected chi connectivity index (χ3v) is 3.61. The monoisotopic (exact) mass is 238 g/mol. The van der Waals surface area contributed by atoms with E-state index in [0.717, 1.165) is 21.4 Å². The van der Waals surface area contributed by atoms with Crippen molar-refractivity contribution in [3.63, 3.8) is 0 Å². The Morgan fingerprint density at radius 1 is 1.44 bits per heavy atom. The van der Waals surface area contributed by atoms with Crippen molar-refractivity contribution in [1.29, 1.82) is 0 Å². The summed E-state index contributed by atoms with van der Waals surface area (Å²) in [6, 6.07) is 0. The van der Waals surface area contributed by atoms with Gasteiger partial charge in [0.2, 0.25) is 0 Å². The maximum Gasteiger partial charge on any atom is 0.197 e. The SMILES string of the molecule is Cc1nn(C)c(Sc2nncn2C)c1CN. The fourth-order valence-corrected chi connectivity index (χ4v) is 2.47. The van der Waals surface area contributed by atoms with E-state index in [1.807, 2.05) is 30.3 Å². The van der Waals surface area contributed by atoms with Crippen LogP contribution in [-0.4, -0.2) is 24.5 Å². The van der Waals surface area contributed by atoms with Crippen LogP contribution in [0.2, 0.25) is 0 Å². The summed E-state index contributed by atoms with van der Waals surface area (Å²) in [6.07, 6.45) is 1.67. The maximum absolute atomic E-state index is 5.72. The Hall–Kier alpha value is -1.34. The first-order valence-electron chi connectivity index (χ1n) is 4.88. The highest BCUT2D eigenvalue weighted by Crippen LogP contribution is 2.29. The van der Waals surface area contributed by atoms with Crippen molar-refractivity contribution in [3.8, 4) is 0 Å². The van der Waals surface area contributed by atoms with E-state index in [9.17, 15) is 0 Å². The minimum absolute atomic E-state index is 0.486. The number of rotatable bonds is 3. The number of aromatic nitrogens is 5. The molecule has 2 heterocycles. The fraction of sp³-hybridized carbons (Fsp3) is 0.444. The molecule has 16 heavy (non-hydrogen) atoms. The zero-order valence-corrected chi connectivity index (χ0v) is 10.3. The lowest BCUT2D eigenvalue weighted by Gasteiger charge is -2.03. The average Bonchev–Trinajstić information content (AvgIpc) is 2.74. The fourth-order valence-electron chi connectivity index (χ4n) is 1.49. The van der Waals surface area contributed by atoms with Gasteiger partial charge in [0.15, 0.2) is 5.16 Å². The second kappa shape index (κ2) is 4.26. The smallest absolute Gasteiger partial charge is 0.197 e. The minimum atomic E-state index is 0.486. The van der Waals surface area contributed by atoms with Gasteiger partial charge < -0.3 is 10.3 Å². The van der Waals surface area contributed by atoms with Crippen LogP contribution in [0.3, 0.4) is 0 Å². The van der Waals surface area contributed by atoms with E-state index in [1.54, 1.807) is 6.33 Å². The first-order chi connectivity index (χ1) is 7.63. The molecule has 2 aromatic rings. The van der Waals surface area contributed by atoms with Crippen molar-refractivity contribution < 1.29 is 0 Å². The summed E-state index contributed by atoms with van der Waals surface area (Å²) in [7, 11) is 3.82. The van der Waals surface area contributed by atoms with Gasteiger partial charge in [0.05, 0.1) is 5.69 Å². The summed E-state index contributed by atoms with van der Waals surface area (Å²) in [5.74, 6) is 0. The van der Waals surface area contributed by atoms with Crippen LogP contribution in [0.25, 0.3) is 0 Å². The molecule has 0 aliphatic heterocycles. The summed E-state index contributed by atoms with van der Waals surface area (Å²) in [6.45, 7) is 2.45. The van der Waals surface area contributed by atoms with Gasteiger partial charge in [-0.3, -0.25) is 4.68 Å². The van der Waals surface area contributed by atoms with Crippen LogP contribution in [0.15, 0.2) is 16.5 Å². The first kappa shape index (κ1) is 11.2. The molecule has 0 aliphatic carbocycles. The molecule has 2 N–H and O–H groups in total. The van der Waals surface area contributed by atoms with Gasteiger partial charge in [0.1, 0.15) is 11.4 Å². The van der Waals surface area contributed by atoms with E-state index in [1.165, 1.54) is 11.8 Å². The van der Waals surface area contributed by atoms with Gasteiger partial charge in [-0.15, -0.1) is 10.2 Å². The molecule has 6 nitrogen and oxygen atoms in total. The average molecular weight is 238 g/mol. The molecule has 2 aromatic heterocycles. The third-order valence-electron chi connectivity index (χ3n) is 2.35. The second-order valence-corrected chi connectivity index (χ2v) is 4.48. The molecule has 0 radical (unpaired) electrons. The van der Waals surface area contributed by atoms with Crippen LogP contribution in [0.5, 0.6) is 0 Å². The molecular weight excluding hydrogens is 224 g/mol. The van der Waals surface area contributed by atoms with Gasteiger partial charge in [-0.1, -0.05) is 0 Å². The maximum atomic E-state index is 5.72. The van der Waals surface area contributed by atoms with Gasteiger partial charge in [-0.25, -0.2) is 0 Å². The van der Waals surface area contributed by atoms with E-state index in [2.05, 4.69) is 15.3 Å². The molecule has 0 fully saturated rings. The second-order valence-electron chi connectivity index (χ2n) is 3.52. The first-order valence-corrected chi connectivity index (χ1v) is 5.69. The Balaban J connectivity index is 2.38. The zero-order valence-electron chi connectivity index (χ0n) is 9.51. The molecular formula is C9H14N6S. The Labute approximate surface area is 97.8 Å². The van der Waals surface area contributed by atoms with E-state index in [-0.39, 0.29) is 0 Å². The lowest BCUT2D eigenvalue weighted by atomic mass is 10.3. The summed E-state index contributed by atoms with van der Waals surface area (Å²) < 4.78 is 3.70. The number of hydrogen-bond acceptors (Lipinski definition) is 5. The summed E-state index contributed by atoms with van der Waals surface area (Å²) in [5, 5.41) is 14.1. The molecule has 2 rings (SSSR count). The summed E-state index contributed by atoms with van der Waals surface area (Å²) in [5.41, 5.74) is 7.75. The summed E-state index contributed by atoms with van der Waals surface area (Å²) in [4.78, 5) is 0. The minimum Gasteiger partial charge on any atom is -0.326 e. The van der Waals surface area contributed by atoms with Crippen molar-refractivity contribution in [2.75, 3.05) is 0 Å². The normalized spacial score (nSPS) is 11.0. The number of nitrogens with two attached hydrogens (primary N) is 1. The largest absolute Gasteiger partial charge is 0.326 e. The van der Waals surface area contributed by atoms with E-state index in [0.29, 0.717) is 6.54 Å². The molecule has 0 spiro atoms. The zero-order chi connectivity index (χ0) is 11.7. The molecule has 0 aliphatic rings. The molecule has 0 saturated carbocycles. The predicted molar refractivity (Wildman–Crippen MR) is 61.0 cm³/mol. The standard InChI is InChI=1S/C9H14N6S/c1-6-7(4-10)8(15(3)13-6)16-9-12-11-5-14(9)2/h5H,4,10H2,1-3H3. The van der Waals surface area contributed by atoms with Gasteiger partial charge in [0.25, 0.3) is 0 Å². The van der Waals surface area contributed by atoms with Gasteiger partial charge in [0, 0.05) is 26.2 Å². The molecule has 86 valence electrons. The van der Waals surface area contributed by atoms with Crippen molar-refractivity contribution in [3.05, 3.63) is 17.6 Å². The van der Waals surface area contributed by atoms with Gasteiger partial charge >= 0.3 is 0 Å². The van der Waals surface area contributed by atoms with Crippen molar-refractivity contribution in [1.82, 2.24) is 24.5 Å². The molecule has 7 heteroatoms. The Kier molecular flexibility index (Phi) is 2.97. The van der Waals surface area contributed by atoms with Crippen molar-refractivity contribution in [2.45, 2.75) is 23.7 Å². The van der Waals surface area contributed by atoms with E-state index < -0.39 is 0 Å². The van der Waals surface area contributed by atoms with Crippen LogP contribution in [0.4, 0.5) is 0 Å². The van der Waals surface area contributed by atoms with Gasteiger partial charge in [-0.05, 0) is 18.7 Å². The molecule has 0 aromatic carbocycles. The Morgan fingerprint density at radius 3 is 2.75 bits per heavy atom. The highest BCUT2D eigenvalue weighted by atomic mass is 32.2.